The lowest BCUT2D eigenvalue weighted by Gasteiger charge is -2.14. The standard InChI is InChI=1S/C16H13Cl2NO2S2/c1-9(22)19(2)16(20)15(23)8-11-4-6-14(21-11)12-7-10(17)3-5-13(12)18/h3-8,23H,1-2H3/b15-8+. The number of furan rings is 1. The van der Waals surface area contributed by atoms with E-state index in [1.807, 2.05) is 0 Å². The first-order chi connectivity index (χ1) is 10.8. The Morgan fingerprint density at radius 1 is 1.30 bits per heavy atom. The minimum absolute atomic E-state index is 0.217. The zero-order valence-electron chi connectivity index (χ0n) is 12.3. The minimum atomic E-state index is -0.306. The van der Waals surface area contributed by atoms with Crippen molar-refractivity contribution >= 4 is 65.0 Å². The highest BCUT2D eigenvalue weighted by molar-refractivity contribution is 7.86. The van der Waals surface area contributed by atoms with Crippen molar-refractivity contribution in [3.8, 4) is 11.3 Å². The van der Waals surface area contributed by atoms with Crippen molar-refractivity contribution in [3.63, 3.8) is 0 Å². The Balaban J connectivity index is 2.29. The number of rotatable bonds is 3. The number of carbonyl (C=O) groups excluding carboxylic acids is 1. The van der Waals surface area contributed by atoms with Gasteiger partial charge in [0.25, 0.3) is 5.91 Å². The third kappa shape index (κ3) is 4.38. The SMILES string of the molecule is CC(=S)N(C)C(=O)/C(S)=C\c1ccc(-c2cc(Cl)ccc2Cl)o1. The maximum Gasteiger partial charge on any atom is 0.264 e. The van der Waals surface area contributed by atoms with E-state index in [9.17, 15) is 4.79 Å². The lowest BCUT2D eigenvalue weighted by atomic mass is 10.2. The Morgan fingerprint density at radius 2 is 2.00 bits per heavy atom. The average molecular weight is 386 g/mol. The molecule has 0 spiro atoms. The summed E-state index contributed by atoms with van der Waals surface area (Å²) in [4.78, 5) is 14.1. The predicted octanol–water partition coefficient (Wildman–Crippen LogP) is 5.33. The van der Waals surface area contributed by atoms with E-state index in [1.54, 1.807) is 44.3 Å². The molecule has 0 aliphatic carbocycles. The number of hydrogen-bond donors (Lipinski definition) is 1. The average Bonchev–Trinajstić information content (AvgIpc) is 2.96. The third-order valence-electron chi connectivity index (χ3n) is 3.10. The minimum Gasteiger partial charge on any atom is -0.457 e. The van der Waals surface area contributed by atoms with Crippen LogP contribution in [0.15, 0.2) is 39.7 Å². The monoisotopic (exact) mass is 385 g/mol. The van der Waals surface area contributed by atoms with E-state index < -0.39 is 0 Å². The van der Waals surface area contributed by atoms with Gasteiger partial charge < -0.3 is 9.32 Å². The van der Waals surface area contributed by atoms with Crippen molar-refractivity contribution in [3.05, 3.63) is 51.0 Å². The van der Waals surface area contributed by atoms with Crippen molar-refractivity contribution in [2.45, 2.75) is 6.92 Å². The van der Waals surface area contributed by atoms with Crippen LogP contribution in [0.5, 0.6) is 0 Å². The van der Waals surface area contributed by atoms with Gasteiger partial charge in [0.1, 0.15) is 11.5 Å². The maximum atomic E-state index is 12.1. The molecule has 120 valence electrons. The van der Waals surface area contributed by atoms with Crippen LogP contribution in [0.3, 0.4) is 0 Å². The number of thiol groups is 1. The number of nitrogens with zero attached hydrogens (tertiary/aromatic N) is 1. The van der Waals surface area contributed by atoms with Crippen molar-refractivity contribution in [1.82, 2.24) is 4.90 Å². The van der Waals surface area contributed by atoms with Gasteiger partial charge in [-0.25, -0.2) is 0 Å². The molecular formula is C16H13Cl2NO2S2. The zero-order valence-corrected chi connectivity index (χ0v) is 15.6. The molecule has 0 fully saturated rings. The van der Waals surface area contributed by atoms with Crippen LogP contribution < -0.4 is 0 Å². The van der Waals surface area contributed by atoms with Crippen LogP contribution in [0.25, 0.3) is 17.4 Å². The molecule has 2 aromatic rings. The Morgan fingerprint density at radius 3 is 2.65 bits per heavy atom. The Labute approximate surface area is 155 Å². The largest absolute Gasteiger partial charge is 0.457 e. The number of benzene rings is 1. The van der Waals surface area contributed by atoms with Crippen molar-refractivity contribution < 1.29 is 9.21 Å². The summed E-state index contributed by atoms with van der Waals surface area (Å²) in [5, 5.41) is 1.08. The van der Waals surface area contributed by atoms with Crippen LogP contribution in [0, 0.1) is 0 Å². The van der Waals surface area contributed by atoms with E-state index >= 15 is 0 Å². The summed E-state index contributed by atoms with van der Waals surface area (Å²) in [7, 11) is 1.59. The molecule has 0 aliphatic rings. The third-order valence-corrected chi connectivity index (χ3v) is 4.25. The van der Waals surface area contributed by atoms with E-state index in [1.165, 1.54) is 11.0 Å². The van der Waals surface area contributed by atoms with Gasteiger partial charge in [-0.2, -0.15) is 0 Å². The molecule has 0 N–H and O–H groups in total. The second-order valence-electron chi connectivity index (χ2n) is 4.74. The summed E-state index contributed by atoms with van der Waals surface area (Å²) in [5.41, 5.74) is 0.678. The lowest BCUT2D eigenvalue weighted by Crippen LogP contribution is -2.29. The molecule has 0 bridgehead atoms. The van der Waals surface area contributed by atoms with E-state index in [2.05, 4.69) is 12.6 Å². The topological polar surface area (TPSA) is 33.5 Å². The van der Waals surface area contributed by atoms with Crippen molar-refractivity contribution in [2.75, 3.05) is 7.05 Å². The molecule has 0 aliphatic heterocycles. The number of thiocarbonyl (C=S) groups is 1. The first-order valence-corrected chi connectivity index (χ1v) is 8.15. The molecule has 1 aromatic heterocycles. The molecule has 2 rings (SSSR count). The lowest BCUT2D eigenvalue weighted by molar-refractivity contribution is -0.121. The number of carbonyl (C=O) groups is 1. The predicted molar refractivity (Wildman–Crippen MR) is 102 cm³/mol. The molecule has 0 unspecified atom stereocenters. The van der Waals surface area contributed by atoms with Gasteiger partial charge in [-0.1, -0.05) is 35.4 Å². The Kier molecular flexibility index (Phi) is 5.92. The highest BCUT2D eigenvalue weighted by atomic mass is 35.5. The fraction of sp³-hybridized carbons (Fsp3) is 0.125. The van der Waals surface area contributed by atoms with Gasteiger partial charge >= 0.3 is 0 Å². The van der Waals surface area contributed by atoms with E-state index in [0.717, 1.165) is 0 Å². The smallest absolute Gasteiger partial charge is 0.264 e. The molecule has 0 radical (unpaired) electrons. The van der Waals surface area contributed by atoms with Crippen LogP contribution in [0.4, 0.5) is 0 Å². The Bertz CT molecular complexity index is 799. The molecule has 0 saturated heterocycles. The van der Waals surface area contributed by atoms with Gasteiger partial charge in [-0.05, 0) is 43.3 Å². The Hall–Kier alpha value is -1.27. The summed E-state index contributed by atoms with van der Waals surface area (Å²) >= 11 is 21.3. The van der Waals surface area contributed by atoms with Gasteiger partial charge in [0.2, 0.25) is 0 Å². The quantitative estimate of drug-likeness (QED) is 0.440. The second-order valence-corrected chi connectivity index (χ2v) is 6.66. The van der Waals surface area contributed by atoms with E-state index in [-0.39, 0.29) is 10.8 Å². The first kappa shape index (κ1) is 18.1. The van der Waals surface area contributed by atoms with Crippen LogP contribution in [0.2, 0.25) is 10.0 Å². The fourth-order valence-corrected chi connectivity index (χ4v) is 2.52. The van der Waals surface area contributed by atoms with Gasteiger partial charge in [-0.15, -0.1) is 12.6 Å². The number of halogens is 2. The summed E-state index contributed by atoms with van der Waals surface area (Å²) in [6, 6.07) is 8.59. The molecule has 1 heterocycles. The maximum absolute atomic E-state index is 12.1. The first-order valence-electron chi connectivity index (χ1n) is 6.54. The van der Waals surface area contributed by atoms with Gasteiger partial charge in [0.05, 0.1) is 14.9 Å². The highest BCUT2D eigenvalue weighted by Crippen LogP contribution is 2.32. The van der Waals surface area contributed by atoms with E-state index in [0.29, 0.717) is 32.1 Å². The molecular weight excluding hydrogens is 373 g/mol. The summed E-state index contributed by atoms with van der Waals surface area (Å²) in [6.45, 7) is 1.67. The molecule has 1 aromatic carbocycles. The number of hydrogen-bond acceptors (Lipinski definition) is 4. The number of likely N-dealkylation sites (N-methyl/N-ethyl adjacent to an activating group) is 1. The molecule has 1 amide bonds. The van der Waals surface area contributed by atoms with Gasteiger partial charge in [-0.3, -0.25) is 4.79 Å². The summed E-state index contributed by atoms with van der Waals surface area (Å²) < 4.78 is 5.69. The van der Waals surface area contributed by atoms with Crippen LogP contribution in [-0.2, 0) is 4.79 Å². The van der Waals surface area contributed by atoms with Crippen LogP contribution in [-0.4, -0.2) is 22.8 Å². The van der Waals surface area contributed by atoms with Crippen LogP contribution in [0.1, 0.15) is 12.7 Å². The van der Waals surface area contributed by atoms with Crippen LogP contribution >= 0.6 is 48.0 Å². The van der Waals surface area contributed by atoms with Crippen molar-refractivity contribution in [1.29, 1.82) is 0 Å². The molecule has 3 nitrogen and oxygen atoms in total. The molecule has 7 heteroatoms. The molecule has 0 atom stereocenters. The normalized spacial score (nSPS) is 11.4. The fourth-order valence-electron chi connectivity index (χ4n) is 1.77. The van der Waals surface area contributed by atoms with Crippen molar-refractivity contribution in [2.24, 2.45) is 0 Å². The highest BCUT2D eigenvalue weighted by Gasteiger charge is 2.14. The summed E-state index contributed by atoms with van der Waals surface area (Å²) in [6.07, 6.45) is 1.53. The molecule has 23 heavy (non-hydrogen) atoms. The van der Waals surface area contributed by atoms with Gasteiger partial charge in [0.15, 0.2) is 0 Å². The summed E-state index contributed by atoms with van der Waals surface area (Å²) in [5.74, 6) is 0.723. The zero-order chi connectivity index (χ0) is 17.1. The molecule has 0 saturated carbocycles. The number of amides is 1. The van der Waals surface area contributed by atoms with E-state index in [4.69, 9.17) is 39.8 Å². The van der Waals surface area contributed by atoms with Gasteiger partial charge in [0, 0.05) is 17.6 Å². The second kappa shape index (κ2) is 7.53.